The fourth-order valence-corrected chi connectivity index (χ4v) is 3.92. The Labute approximate surface area is 178 Å². The van der Waals surface area contributed by atoms with Crippen molar-refractivity contribution in [2.45, 2.75) is 38.6 Å². The molecule has 6 heteroatoms. The van der Waals surface area contributed by atoms with Crippen molar-refractivity contribution in [2.75, 3.05) is 25.7 Å². The standard InChI is InChI=1S/C24H30N2O4/c1-4-5-16-25-24(28)21-14-15-22(27)26(18-8-12-20(30-3)13-9-18)23(21)17-6-10-19(29-2)11-7-17/h6-13,21,23H,4-5,14-16H2,1-3H3,(H,25,28)/t21-,23-/m0/s1. The number of piperidine rings is 1. The molecule has 30 heavy (non-hydrogen) atoms. The Morgan fingerprint density at radius 1 is 1.03 bits per heavy atom. The zero-order chi connectivity index (χ0) is 21.5. The van der Waals surface area contributed by atoms with Crippen LogP contribution >= 0.6 is 0 Å². The van der Waals surface area contributed by atoms with E-state index >= 15 is 0 Å². The molecule has 1 aliphatic rings. The Morgan fingerprint density at radius 3 is 2.20 bits per heavy atom. The lowest BCUT2D eigenvalue weighted by Gasteiger charge is -2.41. The maximum absolute atomic E-state index is 13.1. The molecule has 160 valence electrons. The molecule has 2 aromatic rings. The lowest BCUT2D eigenvalue weighted by Crippen LogP contribution is -2.48. The Bertz CT molecular complexity index is 849. The van der Waals surface area contributed by atoms with E-state index < -0.39 is 0 Å². The highest BCUT2D eigenvalue weighted by molar-refractivity contribution is 5.97. The van der Waals surface area contributed by atoms with Crippen molar-refractivity contribution in [1.29, 1.82) is 0 Å². The van der Waals surface area contributed by atoms with Crippen LogP contribution in [0.25, 0.3) is 0 Å². The first kappa shape index (κ1) is 21.7. The lowest BCUT2D eigenvalue weighted by atomic mass is 9.83. The summed E-state index contributed by atoms with van der Waals surface area (Å²) in [7, 11) is 3.23. The number of nitrogens with zero attached hydrogens (tertiary/aromatic N) is 1. The number of carbonyl (C=O) groups excluding carboxylic acids is 2. The molecule has 0 aliphatic carbocycles. The van der Waals surface area contributed by atoms with E-state index in [2.05, 4.69) is 12.2 Å². The van der Waals surface area contributed by atoms with Crippen LogP contribution in [0, 0.1) is 5.92 Å². The third-order valence-corrected chi connectivity index (χ3v) is 5.57. The zero-order valence-electron chi connectivity index (χ0n) is 17.9. The first-order chi connectivity index (χ1) is 14.6. The van der Waals surface area contributed by atoms with Crippen LogP contribution in [-0.2, 0) is 9.59 Å². The van der Waals surface area contributed by atoms with Crippen LogP contribution in [-0.4, -0.2) is 32.6 Å². The van der Waals surface area contributed by atoms with Gasteiger partial charge in [-0.2, -0.15) is 0 Å². The number of unbranched alkanes of at least 4 members (excludes halogenated alkanes) is 1. The molecular weight excluding hydrogens is 380 g/mol. The van der Waals surface area contributed by atoms with Crippen molar-refractivity contribution in [3.8, 4) is 11.5 Å². The minimum atomic E-state index is -0.382. The van der Waals surface area contributed by atoms with Crippen LogP contribution in [0.5, 0.6) is 11.5 Å². The Hall–Kier alpha value is -3.02. The summed E-state index contributed by atoms with van der Waals surface area (Å²) in [6, 6.07) is 14.6. The first-order valence-electron chi connectivity index (χ1n) is 10.5. The van der Waals surface area contributed by atoms with Crippen LogP contribution in [0.3, 0.4) is 0 Å². The van der Waals surface area contributed by atoms with Gasteiger partial charge in [0.15, 0.2) is 0 Å². The third-order valence-electron chi connectivity index (χ3n) is 5.57. The normalized spacial score (nSPS) is 18.8. The summed E-state index contributed by atoms with van der Waals surface area (Å²) in [6.07, 6.45) is 2.82. The maximum Gasteiger partial charge on any atom is 0.227 e. The number of amides is 2. The van der Waals surface area contributed by atoms with Gasteiger partial charge in [-0.3, -0.25) is 9.59 Å². The van der Waals surface area contributed by atoms with E-state index in [1.807, 2.05) is 48.5 Å². The summed E-state index contributed by atoms with van der Waals surface area (Å²) in [5, 5.41) is 3.06. The van der Waals surface area contributed by atoms with Crippen LogP contribution in [0.1, 0.15) is 44.2 Å². The lowest BCUT2D eigenvalue weighted by molar-refractivity contribution is -0.129. The molecule has 1 N–H and O–H groups in total. The van der Waals surface area contributed by atoms with Crippen molar-refractivity contribution in [2.24, 2.45) is 5.92 Å². The van der Waals surface area contributed by atoms with Crippen molar-refractivity contribution >= 4 is 17.5 Å². The smallest absolute Gasteiger partial charge is 0.227 e. The molecule has 1 aliphatic heterocycles. The Balaban J connectivity index is 1.99. The molecule has 1 fully saturated rings. The number of methoxy groups -OCH3 is 2. The molecule has 2 aromatic carbocycles. The summed E-state index contributed by atoms with van der Waals surface area (Å²) in [6.45, 7) is 2.74. The second-order valence-electron chi connectivity index (χ2n) is 7.47. The van der Waals surface area contributed by atoms with Gasteiger partial charge in [0, 0.05) is 18.7 Å². The van der Waals surface area contributed by atoms with Crippen LogP contribution in [0.15, 0.2) is 48.5 Å². The maximum atomic E-state index is 13.1. The highest BCUT2D eigenvalue weighted by Gasteiger charge is 2.41. The van der Waals surface area contributed by atoms with E-state index in [1.165, 1.54) is 0 Å². The molecule has 1 saturated heterocycles. The van der Waals surface area contributed by atoms with Crippen LogP contribution < -0.4 is 19.7 Å². The van der Waals surface area contributed by atoms with Crippen molar-refractivity contribution in [3.05, 3.63) is 54.1 Å². The monoisotopic (exact) mass is 410 g/mol. The number of hydrogen-bond acceptors (Lipinski definition) is 4. The van der Waals surface area contributed by atoms with Gasteiger partial charge in [0.2, 0.25) is 11.8 Å². The van der Waals surface area contributed by atoms with E-state index in [-0.39, 0.29) is 23.8 Å². The van der Waals surface area contributed by atoms with Crippen molar-refractivity contribution < 1.29 is 19.1 Å². The van der Waals surface area contributed by atoms with Gasteiger partial charge in [0.25, 0.3) is 0 Å². The topological polar surface area (TPSA) is 67.9 Å². The second kappa shape index (κ2) is 10.1. The second-order valence-corrected chi connectivity index (χ2v) is 7.47. The molecule has 3 rings (SSSR count). The molecule has 1 heterocycles. The molecule has 2 atom stereocenters. The Morgan fingerprint density at radius 2 is 1.63 bits per heavy atom. The Kier molecular flexibility index (Phi) is 7.33. The minimum absolute atomic E-state index is 0.00437. The molecule has 0 aromatic heterocycles. The predicted octanol–water partition coefficient (Wildman–Crippen LogP) is 4.10. The molecule has 0 spiro atoms. The van der Waals surface area contributed by atoms with E-state index in [0.29, 0.717) is 19.4 Å². The highest BCUT2D eigenvalue weighted by atomic mass is 16.5. The van der Waals surface area contributed by atoms with Gasteiger partial charge in [0.1, 0.15) is 11.5 Å². The van der Waals surface area contributed by atoms with E-state index in [9.17, 15) is 9.59 Å². The van der Waals surface area contributed by atoms with Gasteiger partial charge in [0.05, 0.1) is 26.2 Å². The average molecular weight is 411 g/mol. The predicted molar refractivity (Wildman–Crippen MR) is 117 cm³/mol. The number of rotatable bonds is 8. The summed E-state index contributed by atoms with van der Waals surface area (Å²) < 4.78 is 10.5. The fourth-order valence-electron chi connectivity index (χ4n) is 3.92. The number of ether oxygens (including phenoxy) is 2. The molecule has 2 amide bonds. The quantitative estimate of drug-likeness (QED) is 0.665. The van der Waals surface area contributed by atoms with E-state index in [4.69, 9.17) is 9.47 Å². The van der Waals surface area contributed by atoms with Crippen LogP contribution in [0.2, 0.25) is 0 Å². The van der Waals surface area contributed by atoms with Gasteiger partial charge in [-0.15, -0.1) is 0 Å². The molecule has 0 unspecified atom stereocenters. The molecule has 6 nitrogen and oxygen atoms in total. The molecule has 0 saturated carbocycles. The molecule has 0 radical (unpaired) electrons. The highest BCUT2D eigenvalue weighted by Crippen LogP contribution is 2.40. The van der Waals surface area contributed by atoms with Crippen molar-refractivity contribution in [1.82, 2.24) is 5.32 Å². The van der Waals surface area contributed by atoms with Gasteiger partial charge in [-0.1, -0.05) is 25.5 Å². The minimum Gasteiger partial charge on any atom is -0.497 e. The summed E-state index contributed by atoms with van der Waals surface area (Å²) in [5.41, 5.74) is 1.67. The summed E-state index contributed by atoms with van der Waals surface area (Å²) in [4.78, 5) is 27.9. The number of hydrogen-bond donors (Lipinski definition) is 1. The summed E-state index contributed by atoms with van der Waals surface area (Å²) in [5.74, 6) is 1.14. The average Bonchev–Trinajstić information content (AvgIpc) is 2.79. The van der Waals surface area contributed by atoms with Gasteiger partial charge in [-0.25, -0.2) is 0 Å². The third kappa shape index (κ3) is 4.75. The van der Waals surface area contributed by atoms with E-state index in [1.54, 1.807) is 19.1 Å². The SMILES string of the molecule is CCCCNC(=O)[C@H]1CCC(=O)N(c2ccc(OC)cc2)[C@H]1c1ccc(OC)cc1. The zero-order valence-corrected chi connectivity index (χ0v) is 17.9. The number of nitrogens with one attached hydrogen (secondary N) is 1. The number of benzene rings is 2. The van der Waals surface area contributed by atoms with Gasteiger partial charge >= 0.3 is 0 Å². The first-order valence-corrected chi connectivity index (χ1v) is 10.5. The fraction of sp³-hybridized carbons (Fsp3) is 0.417. The molecule has 0 bridgehead atoms. The van der Waals surface area contributed by atoms with Gasteiger partial charge in [-0.05, 0) is 54.8 Å². The van der Waals surface area contributed by atoms with Crippen molar-refractivity contribution in [3.63, 3.8) is 0 Å². The number of anilines is 1. The van der Waals surface area contributed by atoms with Gasteiger partial charge < -0.3 is 19.7 Å². The number of carbonyl (C=O) groups is 2. The summed E-state index contributed by atoms with van der Waals surface area (Å²) >= 11 is 0. The van der Waals surface area contributed by atoms with Crippen LogP contribution in [0.4, 0.5) is 5.69 Å². The largest absolute Gasteiger partial charge is 0.497 e. The van der Waals surface area contributed by atoms with E-state index in [0.717, 1.165) is 35.6 Å². The molecular formula is C24H30N2O4.